The molecule has 0 aliphatic rings. The number of aromatic nitrogens is 2. The van der Waals surface area contributed by atoms with Crippen molar-refractivity contribution < 1.29 is 14.6 Å². The van der Waals surface area contributed by atoms with Crippen LogP contribution in [0.5, 0.6) is 0 Å². The smallest absolute Gasteiger partial charge is 0.354 e. The molecule has 0 saturated carbocycles. The van der Waals surface area contributed by atoms with Crippen LogP contribution in [0.1, 0.15) is 29.1 Å². The van der Waals surface area contributed by atoms with E-state index in [4.69, 9.17) is 4.74 Å². The Kier molecular flexibility index (Phi) is 3.66. The molecule has 19 heavy (non-hydrogen) atoms. The van der Waals surface area contributed by atoms with E-state index >= 15 is 0 Å². The second-order valence-corrected chi connectivity index (χ2v) is 4.34. The van der Waals surface area contributed by atoms with Crippen LogP contribution in [0, 0.1) is 0 Å². The summed E-state index contributed by atoms with van der Waals surface area (Å²) < 4.78 is 6.64. The average molecular weight is 260 g/mol. The van der Waals surface area contributed by atoms with Crippen LogP contribution < -0.4 is 0 Å². The van der Waals surface area contributed by atoms with Gasteiger partial charge in [-0.1, -0.05) is 18.2 Å². The highest BCUT2D eigenvalue weighted by atomic mass is 16.5. The third-order valence-corrected chi connectivity index (χ3v) is 3.16. The molecule has 1 atom stereocenters. The molecule has 0 aliphatic carbocycles. The van der Waals surface area contributed by atoms with E-state index in [0.717, 1.165) is 11.1 Å². The molecular formula is C14H16N2O3. The predicted molar refractivity (Wildman–Crippen MR) is 71.0 cm³/mol. The molecule has 100 valence electrons. The van der Waals surface area contributed by atoms with E-state index in [1.54, 1.807) is 20.4 Å². The summed E-state index contributed by atoms with van der Waals surface area (Å²) in [6, 6.07) is 7.64. The Morgan fingerprint density at radius 2 is 2.21 bits per heavy atom. The first-order valence-electron chi connectivity index (χ1n) is 5.93. The molecular weight excluding hydrogens is 244 g/mol. The molecule has 0 saturated heterocycles. The van der Waals surface area contributed by atoms with Gasteiger partial charge in [0, 0.05) is 19.7 Å². The number of benzene rings is 1. The van der Waals surface area contributed by atoms with Crippen LogP contribution in [0.15, 0.2) is 30.5 Å². The number of aromatic carboxylic acids is 1. The minimum atomic E-state index is -0.986. The second-order valence-electron chi connectivity index (χ2n) is 4.34. The summed E-state index contributed by atoms with van der Waals surface area (Å²) in [7, 11) is 3.26. The number of methoxy groups -OCH3 is 1. The molecule has 1 aromatic heterocycles. The maximum absolute atomic E-state index is 11.3. The number of carboxylic acid groups (broad SMARTS) is 1. The molecule has 0 amide bonds. The Balaban J connectivity index is 2.51. The summed E-state index contributed by atoms with van der Waals surface area (Å²) in [4.78, 5) is 11.3. The lowest BCUT2D eigenvalue weighted by Crippen LogP contribution is -2.06. The van der Waals surface area contributed by atoms with Gasteiger partial charge in [0.05, 0.1) is 12.3 Å². The van der Waals surface area contributed by atoms with Gasteiger partial charge in [-0.25, -0.2) is 4.79 Å². The summed E-state index contributed by atoms with van der Waals surface area (Å²) in [5.74, 6) is -0.986. The minimum absolute atomic E-state index is 0.0371. The summed E-state index contributed by atoms with van der Waals surface area (Å²) in [5.41, 5.74) is 2.62. The number of carboxylic acids is 1. The second kappa shape index (κ2) is 5.24. The fourth-order valence-corrected chi connectivity index (χ4v) is 2.00. The molecule has 0 aliphatic heterocycles. The van der Waals surface area contributed by atoms with Crippen molar-refractivity contribution >= 4 is 5.97 Å². The van der Waals surface area contributed by atoms with Crippen LogP contribution in [0.4, 0.5) is 0 Å². The fraction of sp³-hybridized carbons (Fsp3) is 0.286. The van der Waals surface area contributed by atoms with Gasteiger partial charge in [0.15, 0.2) is 5.69 Å². The highest BCUT2D eigenvalue weighted by molar-refractivity contribution is 5.94. The van der Waals surface area contributed by atoms with Gasteiger partial charge in [-0.05, 0) is 24.1 Å². The minimum Gasteiger partial charge on any atom is -0.477 e. The molecule has 0 radical (unpaired) electrons. The molecule has 2 rings (SSSR count). The van der Waals surface area contributed by atoms with Crippen molar-refractivity contribution in [1.82, 2.24) is 9.78 Å². The molecule has 0 spiro atoms. The Morgan fingerprint density at radius 3 is 2.84 bits per heavy atom. The Hall–Kier alpha value is -2.14. The van der Waals surface area contributed by atoms with Crippen molar-refractivity contribution in [2.45, 2.75) is 13.0 Å². The Morgan fingerprint density at radius 1 is 1.47 bits per heavy atom. The van der Waals surface area contributed by atoms with Crippen molar-refractivity contribution in [2.75, 3.05) is 7.11 Å². The fourth-order valence-electron chi connectivity index (χ4n) is 2.00. The normalized spacial score (nSPS) is 12.4. The number of carbonyl (C=O) groups is 1. The summed E-state index contributed by atoms with van der Waals surface area (Å²) >= 11 is 0. The number of nitrogens with zero attached hydrogens (tertiary/aromatic N) is 2. The van der Waals surface area contributed by atoms with Crippen molar-refractivity contribution in [3.05, 3.63) is 41.7 Å². The van der Waals surface area contributed by atoms with E-state index in [1.807, 2.05) is 31.2 Å². The van der Waals surface area contributed by atoms with Crippen LogP contribution in [-0.2, 0) is 11.8 Å². The molecule has 5 nitrogen and oxygen atoms in total. The lowest BCUT2D eigenvalue weighted by molar-refractivity contribution is 0.0686. The van der Waals surface area contributed by atoms with Crippen LogP contribution in [0.2, 0.25) is 0 Å². The third kappa shape index (κ3) is 2.51. The van der Waals surface area contributed by atoms with Gasteiger partial charge < -0.3 is 9.84 Å². The SMILES string of the molecule is CO[C@H](C)c1cccc(-c2cnn(C)c2C(=O)O)c1. The van der Waals surface area contributed by atoms with Gasteiger partial charge >= 0.3 is 5.97 Å². The number of rotatable bonds is 4. The number of hydrogen-bond acceptors (Lipinski definition) is 3. The van der Waals surface area contributed by atoms with E-state index in [-0.39, 0.29) is 11.8 Å². The maximum Gasteiger partial charge on any atom is 0.354 e. The van der Waals surface area contributed by atoms with E-state index < -0.39 is 5.97 Å². The van der Waals surface area contributed by atoms with Gasteiger partial charge in [-0.3, -0.25) is 4.68 Å². The van der Waals surface area contributed by atoms with E-state index in [9.17, 15) is 9.90 Å². The summed E-state index contributed by atoms with van der Waals surface area (Å²) in [6.07, 6.45) is 1.53. The van der Waals surface area contributed by atoms with E-state index in [1.165, 1.54) is 4.68 Å². The molecule has 1 aromatic carbocycles. The van der Waals surface area contributed by atoms with Crippen LogP contribution in [0.3, 0.4) is 0 Å². The molecule has 1 N–H and O–H groups in total. The van der Waals surface area contributed by atoms with Crippen molar-refractivity contribution in [2.24, 2.45) is 7.05 Å². The van der Waals surface area contributed by atoms with Crippen LogP contribution in [-0.4, -0.2) is 28.0 Å². The predicted octanol–water partition coefficient (Wildman–Crippen LogP) is 2.49. The molecule has 2 aromatic rings. The monoisotopic (exact) mass is 260 g/mol. The van der Waals surface area contributed by atoms with Gasteiger partial charge in [-0.15, -0.1) is 0 Å². The standard InChI is InChI=1S/C14H16N2O3/c1-9(19-3)10-5-4-6-11(7-10)12-8-15-16(2)13(12)14(17)18/h4-9H,1-3H3,(H,17,18)/t9-/m1/s1. The topological polar surface area (TPSA) is 64.4 Å². The number of aryl methyl sites for hydroxylation is 1. The quantitative estimate of drug-likeness (QED) is 0.917. The maximum atomic E-state index is 11.3. The zero-order valence-electron chi connectivity index (χ0n) is 11.1. The van der Waals surface area contributed by atoms with Crippen molar-refractivity contribution in [3.63, 3.8) is 0 Å². The molecule has 1 heterocycles. The Bertz CT molecular complexity index is 604. The van der Waals surface area contributed by atoms with E-state index in [2.05, 4.69) is 5.10 Å². The average Bonchev–Trinajstić information content (AvgIpc) is 2.80. The van der Waals surface area contributed by atoms with Crippen molar-refractivity contribution in [3.8, 4) is 11.1 Å². The van der Waals surface area contributed by atoms with E-state index in [0.29, 0.717) is 5.56 Å². The molecule has 0 fully saturated rings. The zero-order chi connectivity index (χ0) is 14.0. The van der Waals surface area contributed by atoms with Gasteiger partial charge in [0.25, 0.3) is 0 Å². The van der Waals surface area contributed by atoms with Gasteiger partial charge in [0.2, 0.25) is 0 Å². The first-order valence-corrected chi connectivity index (χ1v) is 5.93. The highest BCUT2D eigenvalue weighted by Crippen LogP contribution is 2.26. The van der Waals surface area contributed by atoms with Gasteiger partial charge in [-0.2, -0.15) is 5.10 Å². The summed E-state index contributed by atoms with van der Waals surface area (Å²) in [6.45, 7) is 1.94. The third-order valence-electron chi connectivity index (χ3n) is 3.16. The molecule has 0 bridgehead atoms. The van der Waals surface area contributed by atoms with Gasteiger partial charge in [0.1, 0.15) is 0 Å². The number of hydrogen-bond donors (Lipinski definition) is 1. The molecule has 5 heteroatoms. The van der Waals surface area contributed by atoms with Crippen LogP contribution >= 0.6 is 0 Å². The zero-order valence-corrected chi connectivity index (χ0v) is 11.1. The first kappa shape index (κ1) is 13.3. The molecule has 0 unspecified atom stereocenters. The lowest BCUT2D eigenvalue weighted by Gasteiger charge is -2.11. The van der Waals surface area contributed by atoms with Crippen molar-refractivity contribution in [1.29, 1.82) is 0 Å². The number of ether oxygens (including phenoxy) is 1. The summed E-state index contributed by atoms with van der Waals surface area (Å²) in [5, 5.41) is 13.2. The largest absolute Gasteiger partial charge is 0.477 e. The Labute approximate surface area is 111 Å². The van der Waals surface area contributed by atoms with Crippen LogP contribution in [0.25, 0.3) is 11.1 Å². The highest BCUT2D eigenvalue weighted by Gasteiger charge is 2.17. The first-order chi connectivity index (χ1) is 9.04. The lowest BCUT2D eigenvalue weighted by atomic mass is 10.0.